The van der Waals surface area contributed by atoms with Gasteiger partial charge < -0.3 is 18.8 Å². The van der Waals surface area contributed by atoms with Crippen molar-refractivity contribution >= 4 is 21.0 Å². The van der Waals surface area contributed by atoms with Crippen LogP contribution in [0.3, 0.4) is 0 Å². The maximum atomic E-state index is 13.7. The molecule has 1 aliphatic rings. The van der Waals surface area contributed by atoms with Crippen LogP contribution in [0.5, 0.6) is 5.75 Å². The summed E-state index contributed by atoms with van der Waals surface area (Å²) in [5.74, 6) is -5.78. The molecule has 3 aromatic rings. The van der Waals surface area contributed by atoms with Crippen LogP contribution < -0.4 is 4.74 Å². The summed E-state index contributed by atoms with van der Waals surface area (Å²) in [4.78, 5) is 2.90. The Balaban J connectivity index is 1.51. The minimum Gasteiger partial charge on any atom is -0.743 e. The Morgan fingerprint density at radius 2 is 1.38 bits per heavy atom. The van der Waals surface area contributed by atoms with Gasteiger partial charge in [0.1, 0.15) is 5.75 Å². The van der Waals surface area contributed by atoms with Crippen molar-refractivity contribution in [1.82, 2.24) is 0 Å². The van der Waals surface area contributed by atoms with Gasteiger partial charge in [0.2, 0.25) is 0 Å². The first kappa shape index (κ1) is 29.3. The summed E-state index contributed by atoms with van der Waals surface area (Å²) in [6.07, 6.45) is -0.821. The van der Waals surface area contributed by atoms with Crippen LogP contribution in [0.4, 0.5) is 17.6 Å². The molecule has 1 fully saturated rings. The molecule has 0 saturated carbocycles. The van der Waals surface area contributed by atoms with Crippen LogP contribution in [0.2, 0.25) is 0 Å². The molecule has 12 heteroatoms. The van der Waals surface area contributed by atoms with Crippen molar-refractivity contribution in [1.29, 1.82) is 0 Å². The van der Waals surface area contributed by atoms with Crippen LogP contribution in [0.1, 0.15) is 25.3 Å². The number of halogens is 4. The van der Waals surface area contributed by atoms with Gasteiger partial charge in [0.25, 0.3) is 0 Å². The fourth-order valence-electron chi connectivity index (χ4n) is 3.96. The third-order valence-corrected chi connectivity index (χ3v) is 9.28. The van der Waals surface area contributed by atoms with E-state index in [-0.39, 0.29) is 5.75 Å². The van der Waals surface area contributed by atoms with Crippen molar-refractivity contribution in [3.63, 3.8) is 0 Å². The van der Waals surface area contributed by atoms with Gasteiger partial charge in [0.05, 0.1) is 37.1 Å². The van der Waals surface area contributed by atoms with Gasteiger partial charge in [-0.3, -0.25) is 0 Å². The van der Waals surface area contributed by atoms with Crippen LogP contribution >= 0.6 is 0 Å². The molecule has 0 N–H and O–H groups in total. The van der Waals surface area contributed by atoms with Crippen LogP contribution in [0, 0.1) is 0 Å². The maximum Gasteiger partial charge on any atom is 0.396 e. The lowest BCUT2D eigenvalue weighted by molar-refractivity contribution is -0.264. The van der Waals surface area contributed by atoms with Crippen LogP contribution in [-0.2, 0) is 36.3 Å². The minimum atomic E-state index is -6.54. The number of ether oxygens (including phenoxy) is 3. The van der Waals surface area contributed by atoms with E-state index in [0.717, 1.165) is 26.7 Å². The summed E-state index contributed by atoms with van der Waals surface area (Å²) in [5.41, 5.74) is 0.887. The third-order valence-electron chi connectivity index (χ3n) is 6.12. The average Bonchev–Trinajstić information content (AvgIpc) is 2.90. The van der Waals surface area contributed by atoms with E-state index in [9.17, 15) is 30.5 Å². The molecule has 0 spiro atoms. The zero-order valence-corrected chi connectivity index (χ0v) is 22.5. The molecular weight excluding hydrogens is 560 g/mol. The van der Waals surface area contributed by atoms with Crippen LogP contribution in [0.25, 0.3) is 0 Å². The first-order valence-corrected chi connectivity index (χ1v) is 14.6. The molecule has 6 nitrogen and oxygen atoms in total. The molecule has 1 atom stereocenters. The summed E-state index contributed by atoms with van der Waals surface area (Å²) in [6, 6.07) is 24.1. The number of hydrogen-bond donors (Lipinski definition) is 0. The van der Waals surface area contributed by atoms with Gasteiger partial charge >= 0.3 is 11.2 Å². The molecule has 0 amide bonds. The highest BCUT2D eigenvalue weighted by Crippen LogP contribution is 2.41. The third kappa shape index (κ3) is 6.41. The van der Waals surface area contributed by atoms with E-state index < -0.39 is 51.0 Å². The maximum absolute atomic E-state index is 13.7. The topological polar surface area (TPSA) is 84.9 Å². The fourth-order valence-corrected chi connectivity index (χ4v) is 6.49. The predicted molar refractivity (Wildman–Crippen MR) is 135 cm³/mol. The Kier molecular flexibility index (Phi) is 8.62. The predicted octanol–water partition coefficient (Wildman–Crippen LogP) is 5.93. The lowest BCUT2D eigenvalue weighted by Gasteiger charge is -2.34. The minimum absolute atomic E-state index is 0.120. The normalized spacial score (nSPS) is 17.0. The number of hydrogen-bond acceptors (Lipinski definition) is 6. The smallest absolute Gasteiger partial charge is 0.396 e. The van der Waals surface area contributed by atoms with Crippen molar-refractivity contribution in [3.8, 4) is 5.75 Å². The summed E-state index contributed by atoms with van der Waals surface area (Å²) in [5, 5.41) is -5.74. The van der Waals surface area contributed by atoms with E-state index in [1.807, 2.05) is 61.5 Å². The van der Waals surface area contributed by atoms with Gasteiger partial charge in [0, 0.05) is 5.56 Å². The van der Waals surface area contributed by atoms with Crippen molar-refractivity contribution in [2.45, 2.75) is 51.4 Å². The molecule has 4 rings (SSSR count). The zero-order valence-electron chi connectivity index (χ0n) is 20.8. The molecule has 1 aliphatic heterocycles. The van der Waals surface area contributed by atoms with Gasteiger partial charge in [-0.2, -0.15) is 17.6 Å². The van der Waals surface area contributed by atoms with E-state index in [2.05, 4.69) is 0 Å². The number of benzene rings is 3. The lowest BCUT2D eigenvalue weighted by Crippen LogP contribution is -2.47. The van der Waals surface area contributed by atoms with Gasteiger partial charge in [0.15, 0.2) is 30.6 Å². The molecule has 210 valence electrons. The van der Waals surface area contributed by atoms with Crippen molar-refractivity contribution < 1.29 is 44.7 Å². The van der Waals surface area contributed by atoms with Crippen LogP contribution in [0.15, 0.2) is 93.5 Å². The van der Waals surface area contributed by atoms with Crippen molar-refractivity contribution in [3.05, 3.63) is 84.4 Å². The lowest BCUT2D eigenvalue weighted by atomic mass is 10.1. The van der Waals surface area contributed by atoms with E-state index in [1.165, 1.54) is 12.1 Å². The summed E-state index contributed by atoms with van der Waals surface area (Å²) in [7, 11) is -7.09. The molecule has 1 heterocycles. The molecule has 0 aromatic heterocycles. The second kappa shape index (κ2) is 11.5. The van der Waals surface area contributed by atoms with Gasteiger partial charge in [-0.15, -0.1) is 0 Å². The summed E-state index contributed by atoms with van der Waals surface area (Å²) < 4.78 is 103. The standard InChI is InChI=1S/C27H26F4O6S2/c1-25(36-17-5-18-37-25)20-8-12-23(13-9-20)38(22-6-3-2-4-7-22)24-14-10-21(11-15-24)35-19-16-26(28,29)27(30,31)39(32,33)34/h2-4,6-15H,5,16-19H2,1H3. The van der Waals surface area contributed by atoms with E-state index in [4.69, 9.17) is 14.2 Å². The first-order valence-electron chi connectivity index (χ1n) is 12.0. The zero-order chi connectivity index (χ0) is 28.3. The molecular formula is C27H26F4O6S2. The largest absolute Gasteiger partial charge is 0.743 e. The number of rotatable bonds is 10. The Hall–Kier alpha value is -2.64. The SMILES string of the molecule is CC1(c2ccc([S+](c3ccccc3)c3ccc(OCCC(F)(F)C(F)(F)S(=O)(=O)[O-])cc3)cc2)OCCCO1. The van der Waals surface area contributed by atoms with Gasteiger partial charge in [-0.05, 0) is 74.0 Å². The highest BCUT2D eigenvalue weighted by molar-refractivity contribution is 7.97. The van der Waals surface area contributed by atoms with E-state index in [1.54, 1.807) is 12.1 Å². The molecule has 39 heavy (non-hydrogen) atoms. The molecule has 1 saturated heterocycles. The highest BCUT2D eigenvalue weighted by Gasteiger charge is 2.61. The monoisotopic (exact) mass is 586 g/mol. The molecule has 3 aromatic carbocycles. The molecule has 0 aliphatic carbocycles. The van der Waals surface area contributed by atoms with E-state index >= 15 is 0 Å². The Morgan fingerprint density at radius 3 is 1.92 bits per heavy atom. The Bertz CT molecular complexity index is 1350. The Morgan fingerprint density at radius 1 is 0.872 bits per heavy atom. The second-order valence-corrected chi connectivity index (χ2v) is 12.3. The second-order valence-electron chi connectivity index (χ2n) is 8.89. The fraction of sp³-hybridized carbons (Fsp3) is 0.333. The van der Waals surface area contributed by atoms with E-state index in [0.29, 0.717) is 13.2 Å². The quantitative estimate of drug-likeness (QED) is 0.166. The molecule has 0 bridgehead atoms. The average molecular weight is 587 g/mol. The highest BCUT2D eigenvalue weighted by atomic mass is 32.2. The van der Waals surface area contributed by atoms with Crippen molar-refractivity contribution in [2.24, 2.45) is 0 Å². The van der Waals surface area contributed by atoms with Crippen LogP contribution in [-0.4, -0.2) is 44.0 Å². The Labute approximate surface area is 227 Å². The van der Waals surface area contributed by atoms with Gasteiger partial charge in [-0.1, -0.05) is 18.2 Å². The van der Waals surface area contributed by atoms with Crippen molar-refractivity contribution in [2.75, 3.05) is 19.8 Å². The van der Waals surface area contributed by atoms with Gasteiger partial charge in [-0.25, -0.2) is 8.42 Å². The first-order chi connectivity index (χ1) is 18.3. The summed E-state index contributed by atoms with van der Waals surface area (Å²) >= 11 is 0. The summed E-state index contributed by atoms with van der Waals surface area (Å²) in [6.45, 7) is 2.18. The molecule has 1 unspecified atom stereocenters. The number of alkyl halides is 4. The molecule has 0 radical (unpaired) electrons.